The van der Waals surface area contributed by atoms with E-state index in [9.17, 15) is 38.4 Å². The maximum absolute atomic E-state index is 14.1. The molecule has 392 valence electrons. The van der Waals surface area contributed by atoms with Crippen LogP contribution in [0.3, 0.4) is 0 Å². The van der Waals surface area contributed by atoms with Crippen molar-refractivity contribution in [3.8, 4) is 0 Å². The molecule has 2 aromatic heterocycles. The largest absolute Gasteiger partial charge is 0.622 e. The van der Waals surface area contributed by atoms with E-state index in [2.05, 4.69) is 41.2 Å². The minimum Gasteiger partial charge on any atom is -0.498 e. The minimum atomic E-state index is -1.56. The molecule has 0 radical (unpaired) electrons. The summed E-state index contributed by atoms with van der Waals surface area (Å²) in [5.41, 5.74) is 1.49. The zero-order chi connectivity index (χ0) is 53.6. The molecule has 4 aromatic rings. The molecule has 4 amide bonds. The van der Waals surface area contributed by atoms with Crippen molar-refractivity contribution in [2.45, 2.75) is 90.7 Å². The van der Waals surface area contributed by atoms with Gasteiger partial charge < -0.3 is 39.9 Å². The van der Waals surface area contributed by atoms with E-state index >= 15 is 0 Å². The van der Waals surface area contributed by atoms with E-state index in [1.54, 1.807) is 55.3 Å². The van der Waals surface area contributed by atoms with Crippen LogP contribution in [0.4, 0.5) is 0 Å². The number of nitrogens with one attached hydrogen (secondary N) is 4. The van der Waals surface area contributed by atoms with Gasteiger partial charge in [0.2, 0.25) is 11.8 Å². The lowest BCUT2D eigenvalue weighted by molar-refractivity contribution is -0.148. The minimum absolute atomic E-state index is 0.00168. The molecule has 1 saturated heterocycles. The zero-order valence-electron chi connectivity index (χ0n) is 42.5. The molecule has 2 aromatic carbocycles. The Morgan fingerprint density at radius 2 is 1.18 bits per heavy atom. The SMILES string of the molecule is CCC(=O)OB(OC(=O)CN(C)CCN1CC(=O)OB([C@H](CC(C)C)NC(=O)[C@H](Cc2ccccc2)NC(=O)c2cnccn2)OC(=O)C1)[C@H](CC(C)C)NC(=O)[C@H](Cc1ccccc1)NC(=O)c1cnccn1. The maximum Gasteiger partial charge on any atom is 0.622 e. The zero-order valence-corrected chi connectivity index (χ0v) is 42.5. The summed E-state index contributed by atoms with van der Waals surface area (Å²) < 4.78 is 22.8. The van der Waals surface area contributed by atoms with Gasteiger partial charge in [0, 0.05) is 57.1 Å². The van der Waals surface area contributed by atoms with Crippen molar-refractivity contribution >= 4 is 61.7 Å². The highest BCUT2D eigenvalue weighted by Crippen LogP contribution is 2.16. The summed E-state index contributed by atoms with van der Waals surface area (Å²) in [6.07, 6.45) is 8.64. The molecule has 22 nitrogen and oxygen atoms in total. The van der Waals surface area contributed by atoms with Gasteiger partial charge >= 0.3 is 32.1 Å². The van der Waals surface area contributed by atoms with Crippen molar-refractivity contribution in [1.29, 1.82) is 0 Å². The Hall–Kier alpha value is -7.59. The Bertz CT molecular complexity index is 2470. The molecule has 24 heteroatoms. The molecular weight excluding hydrogens is 954 g/mol. The van der Waals surface area contributed by atoms with Crippen LogP contribution in [0.2, 0.25) is 0 Å². The molecule has 0 bridgehead atoms. The number of hydrogen-bond acceptors (Lipinski definition) is 18. The number of hydrogen-bond donors (Lipinski definition) is 4. The Balaban J connectivity index is 1.21. The highest BCUT2D eigenvalue weighted by Gasteiger charge is 2.43. The summed E-state index contributed by atoms with van der Waals surface area (Å²) in [7, 11) is -1.45. The molecule has 0 spiro atoms. The van der Waals surface area contributed by atoms with Crippen LogP contribution in [0.25, 0.3) is 0 Å². The van der Waals surface area contributed by atoms with Gasteiger partial charge in [-0.2, -0.15) is 0 Å². The number of likely N-dealkylation sites (N-methyl/N-ethyl adjacent to an activating group) is 1. The first-order valence-electron chi connectivity index (χ1n) is 24.5. The monoisotopic (exact) mass is 1020 g/mol. The van der Waals surface area contributed by atoms with Crippen molar-refractivity contribution in [3.05, 3.63) is 120 Å². The second kappa shape index (κ2) is 29.2. The predicted molar refractivity (Wildman–Crippen MR) is 270 cm³/mol. The number of carbonyl (C=O) groups is 8. The fourth-order valence-corrected chi connectivity index (χ4v) is 7.75. The van der Waals surface area contributed by atoms with Crippen LogP contribution in [0, 0.1) is 11.8 Å². The van der Waals surface area contributed by atoms with Gasteiger partial charge in [0.1, 0.15) is 23.5 Å². The average Bonchev–Trinajstić information content (AvgIpc) is 3.36. The van der Waals surface area contributed by atoms with E-state index in [1.807, 2.05) is 52.0 Å². The topological polar surface area (TPSA) is 280 Å². The van der Waals surface area contributed by atoms with Crippen LogP contribution in [-0.4, -0.2) is 155 Å². The summed E-state index contributed by atoms with van der Waals surface area (Å²) >= 11 is 0. The fourth-order valence-electron chi connectivity index (χ4n) is 7.75. The van der Waals surface area contributed by atoms with Crippen LogP contribution in [0.1, 0.15) is 86.0 Å². The highest BCUT2D eigenvalue weighted by molar-refractivity contribution is 6.52. The average molecular weight is 1020 g/mol. The summed E-state index contributed by atoms with van der Waals surface area (Å²) in [5.74, 6) is -7.71. The third-order valence-corrected chi connectivity index (χ3v) is 11.3. The van der Waals surface area contributed by atoms with E-state index in [0.717, 1.165) is 11.1 Å². The lowest BCUT2D eigenvalue weighted by atomic mass is 9.73. The smallest absolute Gasteiger partial charge is 0.498 e. The molecule has 1 fully saturated rings. The first-order valence-corrected chi connectivity index (χ1v) is 24.5. The first kappa shape index (κ1) is 57.3. The molecule has 0 unspecified atom stereocenters. The van der Waals surface area contributed by atoms with E-state index in [-0.39, 0.29) is 88.1 Å². The van der Waals surface area contributed by atoms with E-state index in [0.29, 0.717) is 0 Å². The molecule has 0 aliphatic carbocycles. The molecule has 4 N–H and O–H groups in total. The number of amides is 4. The van der Waals surface area contributed by atoms with Crippen LogP contribution in [-0.2, 0) is 60.2 Å². The summed E-state index contributed by atoms with van der Waals surface area (Å²) in [4.78, 5) is 127. The van der Waals surface area contributed by atoms with Gasteiger partial charge in [-0.3, -0.25) is 58.1 Å². The first-order chi connectivity index (χ1) is 35.5. The standard InChI is InChI=1S/C50H64B2N10O12/c1-7-43(63)71-51(41(24-33(2)3)59-47(67)37(26-35-14-10-8-11-15-35)57-49(69)39-28-53-18-20-55-39)72-44(64)30-61(6)22-23-62-31-45(65)73-52(74-46(66)32-62)42(25-34(4)5)60-48(68)38(27-36-16-12-9-13-17-36)58-50(70)40-29-54-19-21-56-40/h8-21,28-29,33-34,37-38,41-42H,7,22-27,30-32H2,1-6H3,(H,57,69)(H,58,70)(H,59,67)(H,60,68)/t37-,38-,41-,42-/m0/s1. The molecule has 1 aliphatic heterocycles. The highest BCUT2D eigenvalue weighted by atomic mass is 16.6. The van der Waals surface area contributed by atoms with Crippen LogP contribution in [0.5, 0.6) is 0 Å². The Morgan fingerprint density at radius 1 is 0.689 bits per heavy atom. The van der Waals surface area contributed by atoms with Gasteiger partial charge in [0.25, 0.3) is 17.8 Å². The Kier molecular flexibility index (Phi) is 22.6. The van der Waals surface area contributed by atoms with Crippen LogP contribution >= 0.6 is 0 Å². The number of rotatable bonds is 26. The van der Waals surface area contributed by atoms with Crippen LogP contribution in [0.15, 0.2) is 97.8 Å². The lowest BCUT2D eigenvalue weighted by Gasteiger charge is -2.31. The van der Waals surface area contributed by atoms with Crippen molar-refractivity contribution in [1.82, 2.24) is 51.0 Å². The quantitative estimate of drug-likeness (QED) is 0.0650. The van der Waals surface area contributed by atoms with Crippen molar-refractivity contribution in [2.75, 3.05) is 39.8 Å². The molecule has 5 rings (SSSR count). The number of aromatic nitrogens is 4. The van der Waals surface area contributed by atoms with E-state index in [1.165, 1.54) is 42.1 Å². The third kappa shape index (κ3) is 19.4. The van der Waals surface area contributed by atoms with Crippen molar-refractivity contribution in [3.63, 3.8) is 0 Å². The molecule has 3 heterocycles. The summed E-state index contributed by atoms with van der Waals surface area (Å²) in [6, 6.07) is 15.8. The van der Waals surface area contributed by atoms with Gasteiger partial charge in [-0.15, -0.1) is 0 Å². The maximum atomic E-state index is 14.1. The molecule has 74 heavy (non-hydrogen) atoms. The van der Waals surface area contributed by atoms with Gasteiger partial charge in [-0.25, -0.2) is 9.97 Å². The number of benzene rings is 2. The number of carbonyl (C=O) groups excluding carboxylic acids is 8. The van der Waals surface area contributed by atoms with Gasteiger partial charge in [-0.1, -0.05) is 95.3 Å². The van der Waals surface area contributed by atoms with Gasteiger partial charge in [-0.05, 0) is 42.9 Å². The second-order valence-corrected chi connectivity index (χ2v) is 18.6. The summed E-state index contributed by atoms with van der Waals surface area (Å²) in [6.45, 7) is 8.28. The van der Waals surface area contributed by atoms with E-state index < -0.39 is 85.7 Å². The summed E-state index contributed by atoms with van der Waals surface area (Å²) in [5, 5.41) is 11.2. The van der Waals surface area contributed by atoms with Crippen molar-refractivity contribution < 1.29 is 57.0 Å². The Labute approximate surface area is 431 Å². The second-order valence-electron chi connectivity index (χ2n) is 18.6. The van der Waals surface area contributed by atoms with Gasteiger partial charge in [0.05, 0.1) is 43.9 Å². The number of nitrogens with zero attached hydrogens (tertiary/aromatic N) is 6. The van der Waals surface area contributed by atoms with Crippen molar-refractivity contribution in [2.24, 2.45) is 11.8 Å². The Morgan fingerprint density at radius 3 is 1.64 bits per heavy atom. The van der Waals surface area contributed by atoms with E-state index in [4.69, 9.17) is 18.6 Å². The molecular formula is C50H64B2N10O12. The molecule has 1 aliphatic rings. The lowest BCUT2D eigenvalue weighted by Crippen LogP contribution is -2.58. The van der Waals surface area contributed by atoms with Gasteiger partial charge in [0.15, 0.2) is 0 Å². The molecule has 0 saturated carbocycles. The fraction of sp³-hybridized carbons (Fsp3) is 0.440. The molecule has 4 atom stereocenters. The predicted octanol–water partition coefficient (Wildman–Crippen LogP) is 1.60. The normalized spacial score (nSPS) is 14.5. The van der Waals surface area contributed by atoms with Crippen LogP contribution < -0.4 is 21.3 Å². The third-order valence-electron chi connectivity index (χ3n) is 11.3.